The summed E-state index contributed by atoms with van der Waals surface area (Å²) in [6.07, 6.45) is 1.65. The Balaban J connectivity index is 1.67. The smallest absolute Gasteiger partial charge is 0.343 e. The topological polar surface area (TPSA) is 63.6 Å². The van der Waals surface area contributed by atoms with E-state index in [9.17, 15) is 14.7 Å². The molecule has 4 rings (SSSR count). The maximum absolute atomic E-state index is 13.6. The van der Waals surface area contributed by atoms with E-state index in [1.54, 1.807) is 60.7 Å². The highest BCUT2D eigenvalue weighted by Gasteiger charge is 2.39. The van der Waals surface area contributed by atoms with Crippen LogP contribution in [0.3, 0.4) is 0 Å². The molecule has 4 aromatic carbocycles. The van der Waals surface area contributed by atoms with E-state index in [1.807, 2.05) is 60.7 Å². The first-order chi connectivity index (χ1) is 17.4. The third-order valence-electron chi connectivity index (χ3n) is 5.73. The number of Topliss-reactive ketones (excluding diaryl/α,β-unsaturated/α-hetero) is 1. The van der Waals surface area contributed by atoms with Crippen molar-refractivity contribution in [3.05, 3.63) is 149 Å². The Labute approximate surface area is 215 Å². The largest absolute Gasteiger partial charge is 0.450 e. The summed E-state index contributed by atoms with van der Waals surface area (Å²) >= 11 is 5.97. The van der Waals surface area contributed by atoms with Gasteiger partial charge in [0.1, 0.15) is 0 Å². The zero-order valence-corrected chi connectivity index (χ0v) is 20.2. The quantitative estimate of drug-likeness (QED) is 0.207. The molecule has 0 bridgehead atoms. The van der Waals surface area contributed by atoms with Gasteiger partial charge in [-0.05, 0) is 34.9 Å². The molecule has 4 nitrogen and oxygen atoms in total. The Morgan fingerprint density at radius 2 is 1.28 bits per heavy atom. The van der Waals surface area contributed by atoms with E-state index in [4.69, 9.17) is 16.3 Å². The predicted molar refractivity (Wildman–Crippen MR) is 142 cm³/mol. The Kier molecular flexibility index (Phi) is 8.11. The van der Waals surface area contributed by atoms with Gasteiger partial charge in [0.2, 0.25) is 0 Å². The van der Waals surface area contributed by atoms with Crippen molar-refractivity contribution < 1.29 is 19.4 Å². The van der Waals surface area contributed by atoms with Crippen LogP contribution in [0.5, 0.6) is 0 Å². The van der Waals surface area contributed by atoms with Crippen molar-refractivity contribution >= 4 is 29.4 Å². The lowest BCUT2D eigenvalue weighted by Gasteiger charge is -2.26. The fourth-order valence-corrected chi connectivity index (χ4v) is 3.90. The minimum Gasteiger partial charge on any atom is -0.450 e. The van der Waals surface area contributed by atoms with Crippen LogP contribution in [-0.4, -0.2) is 22.5 Å². The van der Waals surface area contributed by atoms with Crippen molar-refractivity contribution in [3.63, 3.8) is 0 Å². The van der Waals surface area contributed by atoms with E-state index in [1.165, 1.54) is 6.08 Å². The van der Waals surface area contributed by atoms with Gasteiger partial charge in [-0.2, -0.15) is 0 Å². The molecule has 0 fully saturated rings. The van der Waals surface area contributed by atoms with Gasteiger partial charge in [-0.15, -0.1) is 0 Å². The van der Waals surface area contributed by atoms with Crippen molar-refractivity contribution in [2.45, 2.75) is 18.1 Å². The molecular formula is C31H25ClO4. The number of hydrogen-bond acceptors (Lipinski definition) is 4. The molecule has 0 saturated carbocycles. The maximum atomic E-state index is 13.6. The van der Waals surface area contributed by atoms with E-state index >= 15 is 0 Å². The minimum absolute atomic E-state index is 0.383. The molecule has 0 unspecified atom stereocenters. The van der Waals surface area contributed by atoms with Crippen molar-refractivity contribution in [1.82, 2.24) is 0 Å². The summed E-state index contributed by atoms with van der Waals surface area (Å²) in [6, 6.07) is 34.0. The summed E-state index contributed by atoms with van der Waals surface area (Å²) in [5, 5.41) is 12.1. The van der Waals surface area contributed by atoms with Gasteiger partial charge in [0.25, 0.3) is 0 Å². The lowest BCUT2D eigenvalue weighted by molar-refractivity contribution is -0.164. The number of carbonyl (C=O) groups excluding carboxylic acids is 2. The number of ether oxygens (including phenoxy) is 1. The van der Waals surface area contributed by atoms with Gasteiger partial charge >= 0.3 is 5.97 Å². The van der Waals surface area contributed by atoms with Crippen LogP contribution in [-0.2, 0) is 9.53 Å². The Hall–Kier alpha value is -3.99. The number of benzene rings is 4. The molecule has 0 aliphatic carbocycles. The van der Waals surface area contributed by atoms with Crippen LogP contribution in [0.1, 0.15) is 39.6 Å². The van der Waals surface area contributed by atoms with E-state index in [0.29, 0.717) is 16.1 Å². The average Bonchev–Trinajstić information content (AvgIpc) is 2.92. The standard InChI is InChI=1S/C31H25ClO4/c32-27-18-16-23(17-19-27)20-21-31(35,22-28(33)24-10-4-1-5-11-24)30(34)36-29(25-12-6-2-7-13-25)26-14-8-3-9-15-26/h1-21,29,35H,22H2/b21-20+/t31-/m1/s1. The third kappa shape index (κ3) is 6.36. The molecule has 1 N–H and O–H groups in total. The van der Waals surface area contributed by atoms with Crippen LogP contribution >= 0.6 is 11.6 Å². The molecule has 0 heterocycles. The fourth-order valence-electron chi connectivity index (χ4n) is 3.77. The monoisotopic (exact) mass is 496 g/mol. The van der Waals surface area contributed by atoms with Crippen LogP contribution < -0.4 is 0 Å². The van der Waals surface area contributed by atoms with E-state index in [2.05, 4.69) is 0 Å². The molecule has 1 atom stereocenters. The number of aliphatic hydroxyl groups is 1. The summed E-state index contributed by atoms with van der Waals surface area (Å²) in [5.74, 6) is -1.30. The maximum Gasteiger partial charge on any atom is 0.343 e. The summed E-state index contributed by atoms with van der Waals surface area (Å²) in [6.45, 7) is 0. The van der Waals surface area contributed by atoms with E-state index < -0.39 is 24.1 Å². The Bertz CT molecular complexity index is 1280. The lowest BCUT2D eigenvalue weighted by Crippen LogP contribution is -2.41. The number of rotatable bonds is 9. The van der Waals surface area contributed by atoms with Crippen LogP contribution in [0, 0.1) is 0 Å². The second-order valence-corrected chi connectivity index (χ2v) is 8.82. The molecule has 0 radical (unpaired) electrons. The highest BCUT2D eigenvalue weighted by Crippen LogP contribution is 2.30. The summed E-state index contributed by atoms with van der Waals surface area (Å²) in [7, 11) is 0. The third-order valence-corrected chi connectivity index (χ3v) is 5.98. The summed E-state index contributed by atoms with van der Waals surface area (Å²) < 4.78 is 5.92. The van der Waals surface area contributed by atoms with Crippen molar-refractivity contribution in [2.24, 2.45) is 0 Å². The van der Waals surface area contributed by atoms with Gasteiger partial charge in [0, 0.05) is 10.6 Å². The highest BCUT2D eigenvalue weighted by molar-refractivity contribution is 6.30. The molecule has 0 aromatic heterocycles. The van der Waals surface area contributed by atoms with Crippen LogP contribution in [0.2, 0.25) is 5.02 Å². The van der Waals surface area contributed by atoms with Gasteiger partial charge in [0.15, 0.2) is 17.5 Å². The van der Waals surface area contributed by atoms with Crippen molar-refractivity contribution in [3.8, 4) is 0 Å². The van der Waals surface area contributed by atoms with Crippen LogP contribution in [0.25, 0.3) is 6.08 Å². The molecular weight excluding hydrogens is 472 g/mol. The summed E-state index contributed by atoms with van der Waals surface area (Å²) in [5.41, 5.74) is 0.395. The molecule has 0 aliphatic rings. The molecule has 0 amide bonds. The number of ketones is 1. The Morgan fingerprint density at radius 1 is 0.778 bits per heavy atom. The van der Waals surface area contributed by atoms with Crippen LogP contribution in [0.4, 0.5) is 0 Å². The molecule has 0 aliphatic heterocycles. The first-order valence-electron chi connectivity index (χ1n) is 11.5. The molecule has 5 heteroatoms. The molecule has 180 valence electrons. The lowest BCUT2D eigenvalue weighted by atomic mass is 9.92. The fraction of sp³-hybridized carbons (Fsp3) is 0.0968. The first-order valence-corrected chi connectivity index (χ1v) is 11.9. The SMILES string of the molecule is O=C(C[C@](O)(/C=C/c1ccc(Cl)cc1)C(=O)OC(c1ccccc1)c1ccccc1)c1ccccc1. The van der Waals surface area contributed by atoms with Crippen molar-refractivity contribution in [2.75, 3.05) is 0 Å². The average molecular weight is 497 g/mol. The normalized spacial score (nSPS) is 12.9. The predicted octanol–water partition coefficient (Wildman–Crippen LogP) is 6.69. The number of carbonyl (C=O) groups is 2. The van der Waals surface area contributed by atoms with Crippen LogP contribution in [0.15, 0.2) is 121 Å². The summed E-state index contributed by atoms with van der Waals surface area (Å²) in [4.78, 5) is 26.6. The minimum atomic E-state index is -2.20. The number of esters is 1. The Morgan fingerprint density at radius 3 is 1.81 bits per heavy atom. The van der Waals surface area contributed by atoms with E-state index in [0.717, 1.165) is 11.1 Å². The molecule has 0 spiro atoms. The van der Waals surface area contributed by atoms with Crippen molar-refractivity contribution in [1.29, 1.82) is 0 Å². The molecule has 4 aromatic rings. The van der Waals surface area contributed by atoms with Gasteiger partial charge in [-0.1, -0.05) is 121 Å². The number of hydrogen-bond donors (Lipinski definition) is 1. The molecule has 36 heavy (non-hydrogen) atoms. The first kappa shape index (κ1) is 25.1. The van der Waals surface area contributed by atoms with Gasteiger partial charge < -0.3 is 9.84 Å². The van der Waals surface area contributed by atoms with Gasteiger partial charge in [0.05, 0.1) is 6.42 Å². The van der Waals surface area contributed by atoms with Gasteiger partial charge in [-0.25, -0.2) is 4.79 Å². The second-order valence-electron chi connectivity index (χ2n) is 8.38. The second kappa shape index (κ2) is 11.6. The van der Waals surface area contributed by atoms with E-state index in [-0.39, 0.29) is 5.78 Å². The zero-order chi connectivity index (χ0) is 25.4. The zero-order valence-electron chi connectivity index (χ0n) is 19.5. The van der Waals surface area contributed by atoms with Gasteiger partial charge in [-0.3, -0.25) is 4.79 Å². The number of halogens is 1. The highest BCUT2D eigenvalue weighted by atomic mass is 35.5. The molecule has 0 saturated heterocycles.